The van der Waals surface area contributed by atoms with E-state index in [4.69, 9.17) is 9.47 Å². The third kappa shape index (κ3) is 6.35. The zero-order valence-corrected chi connectivity index (χ0v) is 17.1. The molecule has 0 heterocycles. The molecule has 0 aliphatic carbocycles. The van der Waals surface area contributed by atoms with Crippen molar-refractivity contribution in [1.29, 1.82) is 0 Å². The molecule has 2 amide bonds. The Kier molecular flexibility index (Phi) is 8.26. The van der Waals surface area contributed by atoms with E-state index in [2.05, 4.69) is 10.6 Å². The van der Waals surface area contributed by atoms with Crippen molar-refractivity contribution in [3.63, 3.8) is 0 Å². The predicted octanol–water partition coefficient (Wildman–Crippen LogP) is 3.26. The van der Waals surface area contributed by atoms with Gasteiger partial charge >= 0.3 is 0 Å². The Morgan fingerprint density at radius 1 is 1.03 bits per heavy atom. The van der Waals surface area contributed by atoms with Crippen LogP contribution in [0.4, 0.5) is 14.5 Å². The molecule has 0 bridgehead atoms. The molecule has 6 nitrogen and oxygen atoms in total. The van der Waals surface area contributed by atoms with Gasteiger partial charge in [-0.25, -0.2) is 8.78 Å². The van der Waals surface area contributed by atoms with E-state index in [1.807, 2.05) is 6.26 Å². The zero-order chi connectivity index (χ0) is 21.4. The van der Waals surface area contributed by atoms with Crippen LogP contribution in [-0.2, 0) is 11.2 Å². The van der Waals surface area contributed by atoms with Crippen molar-refractivity contribution in [3.8, 4) is 11.5 Å². The van der Waals surface area contributed by atoms with Gasteiger partial charge in [0.2, 0.25) is 5.91 Å². The first-order chi connectivity index (χ1) is 13.9. The number of carbonyl (C=O) groups is 2. The highest BCUT2D eigenvalue weighted by molar-refractivity contribution is 7.98. The molecule has 0 atom stereocenters. The van der Waals surface area contributed by atoms with Crippen molar-refractivity contribution in [3.05, 3.63) is 53.1 Å². The van der Waals surface area contributed by atoms with Crippen LogP contribution in [-0.4, -0.2) is 44.6 Å². The quantitative estimate of drug-likeness (QED) is 0.605. The van der Waals surface area contributed by atoms with E-state index < -0.39 is 17.5 Å². The molecule has 0 aromatic heterocycles. The molecular weight excluding hydrogens is 402 g/mol. The summed E-state index contributed by atoms with van der Waals surface area (Å²) in [5.41, 5.74) is 0.663. The van der Waals surface area contributed by atoms with Gasteiger partial charge in [0.1, 0.15) is 11.6 Å². The number of hydrogen-bond donors (Lipinski definition) is 2. The fraction of sp³-hybridized carbons (Fsp3) is 0.300. The van der Waals surface area contributed by atoms with Crippen LogP contribution in [0.15, 0.2) is 30.3 Å². The first kappa shape index (κ1) is 22.5. The number of anilines is 1. The summed E-state index contributed by atoms with van der Waals surface area (Å²) in [4.78, 5) is 24.8. The van der Waals surface area contributed by atoms with E-state index in [9.17, 15) is 18.4 Å². The Morgan fingerprint density at radius 3 is 2.31 bits per heavy atom. The highest BCUT2D eigenvalue weighted by atomic mass is 32.2. The van der Waals surface area contributed by atoms with Crippen molar-refractivity contribution in [2.75, 3.05) is 38.1 Å². The van der Waals surface area contributed by atoms with Crippen molar-refractivity contribution >= 4 is 29.3 Å². The van der Waals surface area contributed by atoms with E-state index in [0.717, 1.165) is 24.0 Å². The highest BCUT2D eigenvalue weighted by Gasteiger charge is 2.18. The lowest BCUT2D eigenvalue weighted by molar-refractivity contribution is -0.115. The van der Waals surface area contributed by atoms with Gasteiger partial charge in [-0.15, -0.1) is 0 Å². The monoisotopic (exact) mass is 424 g/mol. The fourth-order valence-corrected chi connectivity index (χ4v) is 2.96. The van der Waals surface area contributed by atoms with E-state index in [-0.39, 0.29) is 40.6 Å². The molecule has 156 valence electrons. The lowest BCUT2D eigenvalue weighted by Crippen LogP contribution is -2.26. The topological polar surface area (TPSA) is 76.7 Å². The molecule has 0 saturated carbocycles. The van der Waals surface area contributed by atoms with Gasteiger partial charge in [-0.05, 0) is 36.1 Å². The minimum Gasteiger partial charge on any atom is -0.493 e. The smallest absolute Gasteiger partial charge is 0.251 e. The molecule has 2 rings (SSSR count). The number of nitrogens with one attached hydrogen (secondary N) is 2. The molecule has 2 N–H and O–H groups in total. The number of amides is 2. The van der Waals surface area contributed by atoms with Gasteiger partial charge < -0.3 is 20.1 Å². The SMILES string of the molecule is COc1cc(C(=O)NCCSC)cc(NC(=O)Cc2cc(F)cc(F)c2)c1OC. The third-order valence-electron chi connectivity index (χ3n) is 3.89. The van der Waals surface area contributed by atoms with E-state index in [0.29, 0.717) is 6.54 Å². The normalized spacial score (nSPS) is 10.4. The number of thioether (sulfide) groups is 1. The molecule has 29 heavy (non-hydrogen) atoms. The number of methoxy groups -OCH3 is 2. The molecule has 2 aromatic rings. The van der Waals surface area contributed by atoms with Crippen molar-refractivity contribution < 1.29 is 27.8 Å². The summed E-state index contributed by atoms with van der Waals surface area (Å²) in [6.45, 7) is 0.487. The average molecular weight is 424 g/mol. The molecule has 0 aliphatic rings. The molecule has 0 spiro atoms. The Hall–Kier alpha value is -2.81. The lowest BCUT2D eigenvalue weighted by Gasteiger charge is -2.16. The molecule has 0 radical (unpaired) electrons. The van der Waals surface area contributed by atoms with Crippen LogP contribution in [0.1, 0.15) is 15.9 Å². The van der Waals surface area contributed by atoms with Crippen LogP contribution in [0.5, 0.6) is 11.5 Å². The number of rotatable bonds is 9. The lowest BCUT2D eigenvalue weighted by atomic mass is 10.1. The van der Waals surface area contributed by atoms with Gasteiger partial charge in [-0.1, -0.05) is 0 Å². The molecule has 0 unspecified atom stereocenters. The second-order valence-corrected chi connectivity index (χ2v) is 7.00. The maximum absolute atomic E-state index is 13.3. The molecule has 9 heteroatoms. The Balaban J connectivity index is 2.25. The number of carbonyl (C=O) groups excluding carboxylic acids is 2. The molecule has 2 aromatic carbocycles. The van der Waals surface area contributed by atoms with Crippen LogP contribution in [0.3, 0.4) is 0 Å². The summed E-state index contributed by atoms with van der Waals surface area (Å²) in [5.74, 6) is -1.15. The number of halogens is 2. The van der Waals surface area contributed by atoms with E-state index >= 15 is 0 Å². The Morgan fingerprint density at radius 2 is 1.72 bits per heavy atom. The standard InChI is InChI=1S/C20H22F2N2O4S/c1-27-17-10-13(20(26)23-4-5-29-3)9-16(19(17)28-2)24-18(25)8-12-6-14(21)11-15(22)7-12/h6-7,9-11H,4-5,8H2,1-3H3,(H,23,26)(H,24,25). The zero-order valence-electron chi connectivity index (χ0n) is 16.3. The first-order valence-corrected chi connectivity index (χ1v) is 10.0. The van der Waals surface area contributed by atoms with E-state index in [1.165, 1.54) is 26.4 Å². The van der Waals surface area contributed by atoms with Crippen LogP contribution >= 0.6 is 11.8 Å². The summed E-state index contributed by atoms with van der Waals surface area (Å²) in [7, 11) is 2.81. The van der Waals surface area contributed by atoms with Gasteiger partial charge in [0.25, 0.3) is 5.91 Å². The van der Waals surface area contributed by atoms with Crippen molar-refractivity contribution in [2.24, 2.45) is 0 Å². The summed E-state index contributed by atoms with van der Waals surface area (Å²) < 4.78 is 37.2. The van der Waals surface area contributed by atoms with Gasteiger partial charge in [0.15, 0.2) is 11.5 Å². The fourth-order valence-electron chi connectivity index (χ4n) is 2.65. The molecule has 0 aliphatic heterocycles. The minimum atomic E-state index is -0.768. The highest BCUT2D eigenvalue weighted by Crippen LogP contribution is 2.36. The van der Waals surface area contributed by atoms with Crippen LogP contribution in [0, 0.1) is 11.6 Å². The summed E-state index contributed by atoms with van der Waals surface area (Å²) >= 11 is 1.60. The first-order valence-electron chi connectivity index (χ1n) is 8.66. The Bertz CT molecular complexity index is 873. The largest absolute Gasteiger partial charge is 0.493 e. The minimum absolute atomic E-state index is 0.178. The second kappa shape index (κ2) is 10.7. The summed E-state index contributed by atoms with van der Waals surface area (Å²) in [5, 5.41) is 5.38. The maximum atomic E-state index is 13.3. The molecule has 0 fully saturated rings. The number of ether oxygens (including phenoxy) is 2. The maximum Gasteiger partial charge on any atom is 0.251 e. The number of benzene rings is 2. The van der Waals surface area contributed by atoms with Crippen LogP contribution < -0.4 is 20.1 Å². The van der Waals surface area contributed by atoms with Crippen LogP contribution in [0.2, 0.25) is 0 Å². The van der Waals surface area contributed by atoms with Gasteiger partial charge in [0.05, 0.1) is 26.3 Å². The third-order valence-corrected chi connectivity index (χ3v) is 4.51. The second-order valence-electron chi connectivity index (χ2n) is 6.01. The van der Waals surface area contributed by atoms with E-state index in [1.54, 1.807) is 11.8 Å². The molecular formula is C20H22F2N2O4S. The summed E-state index contributed by atoms with van der Waals surface area (Å²) in [6.07, 6.45) is 1.67. The van der Waals surface area contributed by atoms with Gasteiger partial charge in [-0.3, -0.25) is 9.59 Å². The van der Waals surface area contributed by atoms with Crippen LogP contribution in [0.25, 0.3) is 0 Å². The average Bonchev–Trinajstić information content (AvgIpc) is 2.66. The summed E-state index contributed by atoms with van der Waals surface area (Å²) in [6, 6.07) is 5.85. The Labute approximate surface area is 172 Å². The molecule has 0 saturated heterocycles. The van der Waals surface area contributed by atoms with Gasteiger partial charge in [-0.2, -0.15) is 11.8 Å². The van der Waals surface area contributed by atoms with Crippen molar-refractivity contribution in [1.82, 2.24) is 5.32 Å². The van der Waals surface area contributed by atoms with Crippen molar-refractivity contribution in [2.45, 2.75) is 6.42 Å². The predicted molar refractivity (Wildman–Crippen MR) is 109 cm³/mol. The number of hydrogen-bond acceptors (Lipinski definition) is 5. The van der Waals surface area contributed by atoms with Gasteiger partial charge in [0, 0.05) is 23.9 Å².